The molecule has 0 aromatic carbocycles. The van der Waals surface area contributed by atoms with Gasteiger partial charge in [0, 0.05) is 17.6 Å². The number of aldehydes is 1. The third-order valence-electron chi connectivity index (χ3n) is 1.90. The monoisotopic (exact) mass is 272 g/mol. The molecule has 0 aliphatic heterocycles. The Balaban J connectivity index is 2.11. The highest BCUT2D eigenvalue weighted by molar-refractivity contribution is 7.89. The van der Waals surface area contributed by atoms with Gasteiger partial charge in [0.15, 0.2) is 12.0 Å². The van der Waals surface area contributed by atoms with Crippen molar-refractivity contribution in [1.82, 2.24) is 9.71 Å². The molecule has 90 valence electrons. The zero-order valence-electron chi connectivity index (χ0n) is 8.49. The molecule has 0 amide bonds. The molecule has 0 aliphatic carbocycles. The third-order valence-corrected chi connectivity index (χ3v) is 3.96. The van der Waals surface area contributed by atoms with E-state index in [1.54, 1.807) is 11.7 Å². The van der Waals surface area contributed by atoms with Gasteiger partial charge in [0.05, 0.1) is 5.51 Å². The second-order valence-corrected chi connectivity index (χ2v) is 5.74. The van der Waals surface area contributed by atoms with Crippen molar-refractivity contribution in [2.75, 3.05) is 0 Å². The Hall–Kier alpha value is -1.51. The van der Waals surface area contributed by atoms with E-state index in [1.807, 2.05) is 0 Å². The average molecular weight is 272 g/mol. The second kappa shape index (κ2) is 4.78. The zero-order valence-corrected chi connectivity index (χ0v) is 10.1. The third kappa shape index (κ3) is 2.78. The minimum absolute atomic E-state index is 0.0248. The molecule has 17 heavy (non-hydrogen) atoms. The molecule has 0 saturated carbocycles. The number of nitrogens with one attached hydrogen (secondary N) is 1. The van der Waals surface area contributed by atoms with Crippen LogP contribution in [0.25, 0.3) is 0 Å². The summed E-state index contributed by atoms with van der Waals surface area (Å²) in [5, 5.41) is -0.274. The van der Waals surface area contributed by atoms with Gasteiger partial charge in [0.1, 0.15) is 0 Å². The molecule has 0 radical (unpaired) electrons. The van der Waals surface area contributed by atoms with Crippen molar-refractivity contribution < 1.29 is 17.6 Å². The number of thiazole rings is 1. The topological polar surface area (TPSA) is 89.3 Å². The molecule has 0 atom stereocenters. The first-order valence-electron chi connectivity index (χ1n) is 4.54. The van der Waals surface area contributed by atoms with Crippen LogP contribution >= 0.6 is 11.3 Å². The van der Waals surface area contributed by atoms with E-state index < -0.39 is 10.0 Å². The van der Waals surface area contributed by atoms with E-state index in [9.17, 15) is 13.2 Å². The van der Waals surface area contributed by atoms with E-state index in [4.69, 9.17) is 4.42 Å². The van der Waals surface area contributed by atoms with Gasteiger partial charge in [-0.3, -0.25) is 9.78 Å². The number of carbonyl (C=O) groups excluding carboxylic acids is 1. The summed E-state index contributed by atoms with van der Waals surface area (Å²) < 4.78 is 30.6. The molecule has 2 rings (SSSR count). The molecule has 1 N–H and O–H groups in total. The Morgan fingerprint density at radius 2 is 2.29 bits per heavy atom. The lowest BCUT2D eigenvalue weighted by Gasteiger charge is -2.01. The molecule has 0 bridgehead atoms. The molecular weight excluding hydrogens is 264 g/mol. The molecule has 2 aromatic heterocycles. The molecule has 0 saturated heterocycles. The highest BCUT2D eigenvalue weighted by atomic mass is 32.2. The summed E-state index contributed by atoms with van der Waals surface area (Å²) >= 11 is 1.34. The van der Waals surface area contributed by atoms with Crippen molar-refractivity contribution in [2.45, 2.75) is 11.6 Å². The first-order chi connectivity index (χ1) is 8.12. The number of rotatable bonds is 5. The van der Waals surface area contributed by atoms with Crippen LogP contribution in [0.5, 0.6) is 0 Å². The van der Waals surface area contributed by atoms with Crippen LogP contribution in [0.15, 0.2) is 33.3 Å². The van der Waals surface area contributed by atoms with Crippen LogP contribution in [0, 0.1) is 0 Å². The summed E-state index contributed by atoms with van der Waals surface area (Å²) in [6, 6.07) is 2.53. The number of hydrogen-bond acceptors (Lipinski definition) is 6. The van der Waals surface area contributed by atoms with Crippen molar-refractivity contribution >= 4 is 27.6 Å². The van der Waals surface area contributed by atoms with Crippen LogP contribution in [-0.4, -0.2) is 19.7 Å². The van der Waals surface area contributed by atoms with Gasteiger partial charge in [0.25, 0.3) is 10.0 Å². The molecule has 0 unspecified atom stereocenters. The van der Waals surface area contributed by atoms with E-state index >= 15 is 0 Å². The molecule has 2 aromatic rings. The molecule has 0 aliphatic rings. The fourth-order valence-electron chi connectivity index (χ4n) is 1.11. The molecule has 6 nitrogen and oxygen atoms in total. The molecule has 0 fully saturated rings. The highest BCUT2D eigenvalue weighted by Gasteiger charge is 2.18. The largest absolute Gasteiger partial charge is 0.440 e. The normalized spacial score (nSPS) is 11.5. The van der Waals surface area contributed by atoms with Crippen molar-refractivity contribution in [3.05, 3.63) is 34.5 Å². The van der Waals surface area contributed by atoms with Gasteiger partial charge in [0.2, 0.25) is 5.09 Å². The van der Waals surface area contributed by atoms with Crippen LogP contribution in [0.1, 0.15) is 15.4 Å². The zero-order chi connectivity index (χ0) is 12.3. The Labute approximate surface area is 101 Å². The van der Waals surface area contributed by atoms with Gasteiger partial charge in [-0.25, -0.2) is 13.1 Å². The number of sulfonamides is 1. The van der Waals surface area contributed by atoms with Crippen LogP contribution in [0.2, 0.25) is 0 Å². The summed E-state index contributed by atoms with van der Waals surface area (Å²) in [6.07, 6.45) is 2.02. The number of aromatic nitrogens is 1. The Morgan fingerprint density at radius 1 is 1.47 bits per heavy atom. The maximum absolute atomic E-state index is 11.7. The van der Waals surface area contributed by atoms with Crippen LogP contribution in [0.3, 0.4) is 0 Å². The summed E-state index contributed by atoms with van der Waals surface area (Å²) in [5.74, 6) is -0.0248. The second-order valence-electron chi connectivity index (χ2n) is 3.07. The number of hydrogen-bond donors (Lipinski definition) is 1. The van der Waals surface area contributed by atoms with Crippen molar-refractivity contribution in [3.63, 3.8) is 0 Å². The van der Waals surface area contributed by atoms with Gasteiger partial charge in [-0.1, -0.05) is 0 Å². The van der Waals surface area contributed by atoms with Gasteiger partial charge in [-0.05, 0) is 12.1 Å². The average Bonchev–Trinajstić information content (AvgIpc) is 2.98. The predicted molar refractivity (Wildman–Crippen MR) is 60.2 cm³/mol. The lowest BCUT2D eigenvalue weighted by Crippen LogP contribution is -2.22. The van der Waals surface area contributed by atoms with Crippen LogP contribution in [0.4, 0.5) is 0 Å². The van der Waals surface area contributed by atoms with E-state index in [-0.39, 0.29) is 17.4 Å². The van der Waals surface area contributed by atoms with Crippen LogP contribution < -0.4 is 4.72 Å². The number of nitrogens with zero attached hydrogens (tertiary/aromatic N) is 1. The van der Waals surface area contributed by atoms with E-state index in [0.29, 0.717) is 6.29 Å². The fraction of sp³-hybridized carbons (Fsp3) is 0.111. The maximum Gasteiger partial charge on any atom is 0.274 e. The maximum atomic E-state index is 11.7. The SMILES string of the molecule is O=Cc1ccc(S(=O)(=O)NCc2cncs2)o1. The van der Waals surface area contributed by atoms with E-state index in [0.717, 1.165) is 4.88 Å². The minimum atomic E-state index is -3.72. The number of carbonyl (C=O) groups is 1. The van der Waals surface area contributed by atoms with Crippen LogP contribution in [-0.2, 0) is 16.6 Å². The lowest BCUT2D eigenvalue weighted by molar-refractivity contribution is 0.109. The summed E-state index contributed by atoms with van der Waals surface area (Å²) in [7, 11) is -3.72. The van der Waals surface area contributed by atoms with E-state index in [1.165, 1.54) is 23.5 Å². The Morgan fingerprint density at radius 3 is 2.88 bits per heavy atom. The van der Waals surface area contributed by atoms with Gasteiger partial charge in [-0.2, -0.15) is 0 Å². The Bertz CT molecular complexity index is 601. The molecule has 8 heteroatoms. The summed E-state index contributed by atoms with van der Waals surface area (Å²) in [5.41, 5.74) is 1.61. The molecule has 2 heterocycles. The van der Waals surface area contributed by atoms with Crippen molar-refractivity contribution in [1.29, 1.82) is 0 Å². The summed E-state index contributed by atoms with van der Waals surface area (Å²) in [6.45, 7) is 0.143. The fourth-order valence-corrected chi connectivity index (χ4v) is 2.68. The predicted octanol–water partition coefficient (Wildman–Crippen LogP) is 1.03. The first kappa shape index (κ1) is 12.0. The summed E-state index contributed by atoms with van der Waals surface area (Å²) in [4.78, 5) is 15.0. The number of furan rings is 1. The van der Waals surface area contributed by atoms with Gasteiger partial charge in [-0.15, -0.1) is 11.3 Å². The van der Waals surface area contributed by atoms with Gasteiger partial charge < -0.3 is 4.42 Å². The van der Waals surface area contributed by atoms with Crippen molar-refractivity contribution in [3.8, 4) is 0 Å². The van der Waals surface area contributed by atoms with Crippen molar-refractivity contribution in [2.24, 2.45) is 0 Å². The van der Waals surface area contributed by atoms with Gasteiger partial charge >= 0.3 is 0 Å². The van der Waals surface area contributed by atoms with E-state index in [2.05, 4.69) is 9.71 Å². The first-order valence-corrected chi connectivity index (χ1v) is 6.90. The minimum Gasteiger partial charge on any atom is -0.440 e. The Kier molecular flexibility index (Phi) is 3.36. The highest BCUT2D eigenvalue weighted by Crippen LogP contribution is 2.13. The smallest absolute Gasteiger partial charge is 0.274 e. The molecule has 0 spiro atoms. The quantitative estimate of drug-likeness (QED) is 0.821. The molecular formula is C9H8N2O4S2. The lowest BCUT2D eigenvalue weighted by atomic mass is 10.5. The standard InChI is InChI=1S/C9H8N2O4S2/c12-5-7-1-2-9(15-7)17(13,14)11-4-8-3-10-6-16-8/h1-3,5-6,11H,4H2.